The van der Waals surface area contributed by atoms with Gasteiger partial charge in [0, 0.05) is 0 Å². The second-order valence-electron chi connectivity index (χ2n) is 2.79. The summed E-state index contributed by atoms with van der Waals surface area (Å²) < 4.78 is 7.64. The summed E-state index contributed by atoms with van der Waals surface area (Å²) >= 11 is 8.23. The summed E-state index contributed by atoms with van der Waals surface area (Å²) in [6, 6.07) is 4.84. The Balaban J connectivity index is 2.86. The number of hydrogen-bond donors (Lipinski definition) is 0. The first-order chi connectivity index (χ1) is 7.22. The first-order valence-electron chi connectivity index (χ1n) is 4.01. The van der Waals surface area contributed by atoms with Crippen molar-refractivity contribution in [2.75, 3.05) is 0 Å². The Labute approximate surface area is 97.7 Å². The van der Waals surface area contributed by atoms with Gasteiger partial charge in [-0.1, -0.05) is 0 Å². The zero-order valence-corrected chi connectivity index (χ0v) is 9.83. The van der Waals surface area contributed by atoms with Crippen molar-refractivity contribution in [2.24, 2.45) is 4.99 Å². The van der Waals surface area contributed by atoms with Crippen LogP contribution in [0.2, 0.25) is 5.02 Å². The van der Waals surface area contributed by atoms with E-state index in [1.54, 1.807) is 18.2 Å². The number of nitrogens with zero attached hydrogens (tertiary/aromatic N) is 1. The van der Waals surface area contributed by atoms with Crippen molar-refractivity contribution in [1.29, 1.82) is 0 Å². The molecule has 2 aromatic rings. The number of benzene rings is 1. The van der Waals surface area contributed by atoms with Gasteiger partial charge in [0.1, 0.15) is 0 Å². The van der Waals surface area contributed by atoms with Gasteiger partial charge in [-0.15, -0.1) is 0 Å². The average molecular weight is 285 g/mol. The minimum atomic E-state index is -0.198. The van der Waals surface area contributed by atoms with Gasteiger partial charge in [0.2, 0.25) is 0 Å². The molecule has 0 aliphatic heterocycles. The van der Waals surface area contributed by atoms with E-state index < -0.39 is 0 Å². The molecule has 2 rings (SSSR count). The van der Waals surface area contributed by atoms with E-state index in [0.29, 0.717) is 16.0 Å². The molecule has 74 valence electrons. The molecular formula is C10H4ClNO2Se. The zero-order valence-electron chi connectivity index (χ0n) is 7.36. The van der Waals surface area contributed by atoms with Crippen LogP contribution in [0.1, 0.15) is 0 Å². The standard InChI is InChI=1S/C10H4ClNO2Se/c11-6-1-2-7-9(3-6)14-4-8(10(7)13)12-5-15/h1-4H. The van der Waals surface area contributed by atoms with Gasteiger partial charge in [0.15, 0.2) is 0 Å². The Morgan fingerprint density at radius 2 is 2.27 bits per heavy atom. The van der Waals surface area contributed by atoms with Crippen LogP contribution >= 0.6 is 11.6 Å². The molecule has 3 nitrogen and oxygen atoms in total. The van der Waals surface area contributed by atoms with Gasteiger partial charge in [0.25, 0.3) is 0 Å². The van der Waals surface area contributed by atoms with Crippen LogP contribution in [0, 0.1) is 0 Å². The van der Waals surface area contributed by atoms with Gasteiger partial charge < -0.3 is 0 Å². The van der Waals surface area contributed by atoms with Crippen LogP contribution < -0.4 is 5.43 Å². The molecule has 15 heavy (non-hydrogen) atoms. The Hall–Kier alpha value is -1.18. The van der Waals surface area contributed by atoms with Crippen molar-refractivity contribution in [3.05, 3.63) is 39.7 Å². The molecule has 0 aliphatic carbocycles. The molecule has 0 bridgehead atoms. The predicted molar refractivity (Wildman–Crippen MR) is 60.3 cm³/mol. The number of halogens is 1. The van der Waals surface area contributed by atoms with Gasteiger partial charge in [-0.2, -0.15) is 0 Å². The third-order valence-corrected chi connectivity index (χ3v) is 2.31. The van der Waals surface area contributed by atoms with E-state index in [1.165, 1.54) is 6.26 Å². The van der Waals surface area contributed by atoms with Gasteiger partial charge >= 0.3 is 97.7 Å². The monoisotopic (exact) mass is 285 g/mol. The molecule has 0 N–H and O–H groups in total. The first kappa shape index (κ1) is 10.3. The molecule has 0 saturated heterocycles. The van der Waals surface area contributed by atoms with Crippen molar-refractivity contribution in [3.8, 4) is 0 Å². The van der Waals surface area contributed by atoms with Gasteiger partial charge in [-0.05, 0) is 0 Å². The van der Waals surface area contributed by atoms with Crippen molar-refractivity contribution in [3.63, 3.8) is 0 Å². The van der Waals surface area contributed by atoms with Crippen molar-refractivity contribution >= 4 is 48.5 Å². The Bertz CT molecular complexity index is 629. The summed E-state index contributed by atoms with van der Waals surface area (Å²) in [6.07, 6.45) is 1.28. The molecule has 0 fully saturated rings. The normalized spacial score (nSPS) is 9.93. The number of aliphatic imine (C=N–C) groups is 1. The summed E-state index contributed by atoms with van der Waals surface area (Å²) in [6.45, 7) is 0. The van der Waals surface area contributed by atoms with Crippen molar-refractivity contribution < 1.29 is 4.42 Å². The Kier molecular flexibility index (Phi) is 2.85. The van der Waals surface area contributed by atoms with E-state index >= 15 is 0 Å². The maximum atomic E-state index is 11.8. The van der Waals surface area contributed by atoms with Crippen LogP contribution in [0.15, 0.2) is 38.7 Å². The first-order valence-corrected chi connectivity index (χ1v) is 5.25. The van der Waals surface area contributed by atoms with Crippen LogP contribution in [0.25, 0.3) is 11.0 Å². The average Bonchev–Trinajstić information content (AvgIpc) is 2.22. The molecule has 5 heteroatoms. The molecule has 0 radical (unpaired) electrons. The second-order valence-corrected chi connectivity index (χ2v) is 3.61. The molecule has 0 aliphatic rings. The maximum absolute atomic E-state index is 11.8. The summed E-state index contributed by atoms with van der Waals surface area (Å²) in [7, 11) is 0. The number of hydrogen-bond acceptors (Lipinski definition) is 3. The van der Waals surface area contributed by atoms with E-state index in [0.717, 1.165) is 0 Å². The SMILES string of the molecule is O=c1c(N=C=[Se])coc2cc(Cl)ccc12. The Morgan fingerprint density at radius 1 is 1.47 bits per heavy atom. The van der Waals surface area contributed by atoms with Crippen molar-refractivity contribution in [1.82, 2.24) is 0 Å². The fourth-order valence-electron chi connectivity index (χ4n) is 1.22. The van der Waals surface area contributed by atoms with Crippen LogP contribution in [-0.2, 0) is 0 Å². The molecular weight excluding hydrogens is 281 g/mol. The molecule has 1 heterocycles. The second kappa shape index (κ2) is 4.13. The predicted octanol–water partition coefficient (Wildman–Crippen LogP) is 2.15. The molecule has 0 unspecified atom stereocenters. The fraction of sp³-hybridized carbons (Fsp3) is 0. The van der Waals surface area contributed by atoms with Crippen LogP contribution in [-0.4, -0.2) is 20.3 Å². The van der Waals surface area contributed by atoms with Gasteiger partial charge in [-0.3, -0.25) is 0 Å². The summed E-state index contributed by atoms with van der Waals surface area (Å²) in [5, 5.41) is 0.980. The van der Waals surface area contributed by atoms with E-state index in [2.05, 4.69) is 25.3 Å². The molecule has 1 aromatic carbocycles. The molecule has 0 spiro atoms. The topological polar surface area (TPSA) is 42.6 Å². The number of rotatable bonds is 1. The molecule has 0 saturated carbocycles. The van der Waals surface area contributed by atoms with E-state index in [4.69, 9.17) is 16.0 Å². The molecule has 0 atom stereocenters. The van der Waals surface area contributed by atoms with Crippen molar-refractivity contribution in [2.45, 2.75) is 0 Å². The summed E-state index contributed by atoms with van der Waals surface area (Å²) in [5.41, 5.74) is 0.464. The summed E-state index contributed by atoms with van der Waals surface area (Å²) in [5.74, 6) is 0. The quantitative estimate of drug-likeness (QED) is 0.595. The Morgan fingerprint density at radius 3 is 3.00 bits per heavy atom. The van der Waals surface area contributed by atoms with E-state index in [-0.39, 0.29) is 11.1 Å². The van der Waals surface area contributed by atoms with E-state index in [9.17, 15) is 4.79 Å². The molecule has 1 aromatic heterocycles. The third kappa shape index (κ3) is 1.94. The van der Waals surface area contributed by atoms with Gasteiger partial charge in [0.05, 0.1) is 0 Å². The van der Waals surface area contributed by atoms with Crippen LogP contribution in [0.5, 0.6) is 0 Å². The minimum absolute atomic E-state index is 0.198. The third-order valence-electron chi connectivity index (χ3n) is 1.88. The summed E-state index contributed by atoms with van der Waals surface area (Å²) in [4.78, 5) is 15.5. The number of fused-ring (bicyclic) bond motifs is 1. The fourth-order valence-corrected chi connectivity index (χ4v) is 1.59. The molecule has 0 amide bonds. The zero-order chi connectivity index (χ0) is 10.8. The van der Waals surface area contributed by atoms with E-state index in [1.807, 2.05) is 0 Å². The van der Waals surface area contributed by atoms with Crippen LogP contribution in [0.4, 0.5) is 5.69 Å². The van der Waals surface area contributed by atoms with Gasteiger partial charge in [-0.25, -0.2) is 0 Å². The van der Waals surface area contributed by atoms with Crippen LogP contribution in [0.3, 0.4) is 0 Å².